The third kappa shape index (κ3) is 4.01. The van der Waals surface area contributed by atoms with E-state index >= 15 is 0 Å². The first-order valence-corrected chi connectivity index (χ1v) is 8.51. The van der Waals surface area contributed by atoms with Gasteiger partial charge in [0.2, 0.25) is 5.82 Å². The quantitative estimate of drug-likeness (QED) is 0.891. The third-order valence-electron chi connectivity index (χ3n) is 3.76. The lowest BCUT2D eigenvalue weighted by Crippen LogP contribution is -2.36. The number of benzene rings is 1. The van der Waals surface area contributed by atoms with E-state index in [0.717, 1.165) is 41.6 Å². The molecule has 1 aliphatic rings. The van der Waals surface area contributed by atoms with E-state index in [2.05, 4.69) is 19.0 Å². The number of aromatic nitrogens is 2. The van der Waals surface area contributed by atoms with Gasteiger partial charge in [0.05, 0.1) is 24.9 Å². The molecule has 0 atom stereocenters. The van der Waals surface area contributed by atoms with Crippen molar-refractivity contribution in [3.05, 3.63) is 29.3 Å². The molecule has 1 saturated heterocycles. The van der Waals surface area contributed by atoms with Gasteiger partial charge in [0, 0.05) is 18.8 Å². The van der Waals surface area contributed by atoms with Crippen LogP contribution >= 0.6 is 11.7 Å². The second-order valence-electron chi connectivity index (χ2n) is 5.65. The second-order valence-corrected chi connectivity index (χ2v) is 6.18. The fourth-order valence-electron chi connectivity index (χ4n) is 2.43. The van der Waals surface area contributed by atoms with Crippen LogP contribution in [0.3, 0.4) is 0 Å². The van der Waals surface area contributed by atoms with E-state index in [-0.39, 0.29) is 12.5 Å². The highest BCUT2D eigenvalue weighted by Gasteiger charge is 2.20. The van der Waals surface area contributed by atoms with E-state index in [1.165, 1.54) is 0 Å². The number of amides is 1. The van der Waals surface area contributed by atoms with Crippen LogP contribution in [0.15, 0.2) is 18.2 Å². The maximum Gasteiger partial charge on any atom is 0.271 e. The van der Waals surface area contributed by atoms with Crippen molar-refractivity contribution < 1.29 is 14.3 Å². The Bertz CT molecular complexity index is 713. The highest BCUT2D eigenvalue weighted by Crippen LogP contribution is 2.26. The van der Waals surface area contributed by atoms with Gasteiger partial charge in [-0.25, -0.2) is 0 Å². The van der Waals surface area contributed by atoms with Gasteiger partial charge < -0.3 is 19.7 Å². The molecule has 3 rings (SSSR count). The van der Waals surface area contributed by atoms with Crippen LogP contribution in [-0.2, 0) is 9.53 Å². The fraction of sp³-hybridized carbons (Fsp3) is 0.438. The first kappa shape index (κ1) is 16.7. The molecule has 1 aliphatic heterocycles. The lowest BCUT2D eigenvalue weighted by Gasteiger charge is -2.26. The van der Waals surface area contributed by atoms with Gasteiger partial charge in [0.25, 0.3) is 11.8 Å². The number of nitrogens with zero attached hydrogens (tertiary/aromatic N) is 3. The minimum absolute atomic E-state index is 0.101. The number of carbonyl (C=O) groups excluding carboxylic acids is 1. The number of hydrogen-bond donors (Lipinski definition) is 1. The van der Waals surface area contributed by atoms with Crippen molar-refractivity contribution in [2.75, 3.05) is 43.1 Å². The highest BCUT2D eigenvalue weighted by atomic mass is 32.1. The van der Waals surface area contributed by atoms with Crippen LogP contribution < -0.4 is 15.0 Å². The minimum Gasteiger partial charge on any atom is -0.464 e. The van der Waals surface area contributed by atoms with Crippen molar-refractivity contribution in [1.29, 1.82) is 0 Å². The van der Waals surface area contributed by atoms with Crippen molar-refractivity contribution in [2.45, 2.75) is 13.8 Å². The van der Waals surface area contributed by atoms with E-state index in [9.17, 15) is 4.79 Å². The summed E-state index contributed by atoms with van der Waals surface area (Å²) in [4.78, 5) is 14.2. The fourth-order valence-corrected chi connectivity index (χ4v) is 2.95. The van der Waals surface area contributed by atoms with E-state index in [1.807, 2.05) is 32.0 Å². The Morgan fingerprint density at radius 2 is 2.12 bits per heavy atom. The molecule has 0 unspecified atom stereocenters. The van der Waals surface area contributed by atoms with Crippen LogP contribution in [0.25, 0.3) is 0 Å². The zero-order valence-corrected chi connectivity index (χ0v) is 14.6. The zero-order chi connectivity index (χ0) is 16.9. The second kappa shape index (κ2) is 7.59. The van der Waals surface area contributed by atoms with Gasteiger partial charge in [-0.2, -0.15) is 4.37 Å². The number of aryl methyl sites for hydroxylation is 2. The summed E-state index contributed by atoms with van der Waals surface area (Å²) in [5.41, 5.74) is 2.90. The highest BCUT2D eigenvalue weighted by molar-refractivity contribution is 6.99. The molecule has 1 amide bonds. The largest absolute Gasteiger partial charge is 0.464 e. The van der Waals surface area contributed by atoms with Crippen LogP contribution in [0.2, 0.25) is 0 Å². The summed E-state index contributed by atoms with van der Waals surface area (Å²) in [6.07, 6.45) is 0. The SMILES string of the molecule is Cc1ccc(C)c(NC(=O)COc2nsnc2N2CCOCC2)c1. The maximum absolute atomic E-state index is 12.1. The Balaban J connectivity index is 1.59. The molecule has 0 bridgehead atoms. The summed E-state index contributed by atoms with van der Waals surface area (Å²) in [5, 5.41) is 2.87. The van der Waals surface area contributed by atoms with E-state index in [4.69, 9.17) is 9.47 Å². The standard InChI is InChI=1S/C16H20N4O3S/c1-11-3-4-12(2)13(9-11)17-14(21)10-23-16-15(18-24-19-16)20-5-7-22-8-6-20/h3-4,9H,5-8,10H2,1-2H3,(H,17,21). The lowest BCUT2D eigenvalue weighted by atomic mass is 10.1. The summed E-state index contributed by atoms with van der Waals surface area (Å²) in [7, 11) is 0. The first-order valence-electron chi connectivity index (χ1n) is 7.78. The molecular formula is C16H20N4O3S. The average Bonchev–Trinajstić information content (AvgIpc) is 3.06. The predicted molar refractivity (Wildman–Crippen MR) is 93.0 cm³/mol. The smallest absolute Gasteiger partial charge is 0.271 e. The first-order chi connectivity index (χ1) is 11.6. The Morgan fingerprint density at radius 1 is 1.33 bits per heavy atom. The summed E-state index contributed by atoms with van der Waals surface area (Å²) in [5.74, 6) is 0.866. The van der Waals surface area contributed by atoms with Gasteiger partial charge in [-0.3, -0.25) is 4.79 Å². The Kier molecular flexibility index (Phi) is 5.27. The Labute approximate surface area is 144 Å². The monoisotopic (exact) mass is 348 g/mol. The van der Waals surface area contributed by atoms with Crippen LogP contribution in [0, 0.1) is 13.8 Å². The van der Waals surface area contributed by atoms with Crippen molar-refractivity contribution in [2.24, 2.45) is 0 Å². The third-order valence-corrected chi connectivity index (χ3v) is 4.26. The molecule has 24 heavy (non-hydrogen) atoms. The van der Waals surface area contributed by atoms with Gasteiger partial charge in [0.15, 0.2) is 6.61 Å². The number of rotatable bonds is 5. The van der Waals surface area contributed by atoms with Crippen LogP contribution in [-0.4, -0.2) is 47.6 Å². The van der Waals surface area contributed by atoms with Crippen molar-refractivity contribution in [3.63, 3.8) is 0 Å². The summed E-state index contributed by atoms with van der Waals surface area (Å²) in [6, 6.07) is 5.93. The van der Waals surface area contributed by atoms with Crippen molar-refractivity contribution in [1.82, 2.24) is 8.75 Å². The predicted octanol–water partition coefficient (Wildman–Crippen LogP) is 2.01. The average molecular weight is 348 g/mol. The van der Waals surface area contributed by atoms with E-state index < -0.39 is 0 Å². The molecule has 0 aliphatic carbocycles. The lowest BCUT2D eigenvalue weighted by molar-refractivity contribution is -0.118. The molecule has 1 N–H and O–H groups in total. The van der Waals surface area contributed by atoms with Crippen molar-refractivity contribution in [3.8, 4) is 5.88 Å². The Morgan fingerprint density at radius 3 is 2.92 bits per heavy atom. The number of ether oxygens (including phenoxy) is 2. The van der Waals surface area contributed by atoms with Crippen molar-refractivity contribution >= 4 is 29.1 Å². The number of anilines is 2. The van der Waals surface area contributed by atoms with E-state index in [1.54, 1.807) is 0 Å². The van der Waals surface area contributed by atoms with Crippen LogP contribution in [0.1, 0.15) is 11.1 Å². The summed E-state index contributed by atoms with van der Waals surface area (Å²) in [6.45, 7) is 6.65. The normalized spacial score (nSPS) is 14.5. The minimum atomic E-state index is -0.218. The van der Waals surface area contributed by atoms with Gasteiger partial charge in [-0.15, -0.1) is 4.37 Å². The number of hydrogen-bond acceptors (Lipinski definition) is 7. The van der Waals surface area contributed by atoms with Crippen LogP contribution in [0.5, 0.6) is 5.88 Å². The molecule has 2 aromatic rings. The summed E-state index contributed by atoms with van der Waals surface area (Å²) < 4.78 is 19.3. The molecule has 7 nitrogen and oxygen atoms in total. The van der Waals surface area contributed by atoms with E-state index in [0.29, 0.717) is 24.9 Å². The van der Waals surface area contributed by atoms with Gasteiger partial charge in [-0.05, 0) is 31.0 Å². The Hall–Kier alpha value is -2.19. The molecule has 2 heterocycles. The topological polar surface area (TPSA) is 76.6 Å². The number of carbonyl (C=O) groups is 1. The van der Waals surface area contributed by atoms with Gasteiger partial charge in [-0.1, -0.05) is 12.1 Å². The van der Waals surface area contributed by atoms with Gasteiger partial charge >= 0.3 is 0 Å². The molecule has 1 fully saturated rings. The molecule has 8 heteroatoms. The molecule has 128 valence electrons. The number of morpholine rings is 1. The molecule has 1 aromatic carbocycles. The number of nitrogens with one attached hydrogen (secondary N) is 1. The summed E-state index contributed by atoms with van der Waals surface area (Å²) >= 11 is 1.08. The maximum atomic E-state index is 12.1. The molecule has 1 aromatic heterocycles. The molecule has 0 spiro atoms. The molecular weight excluding hydrogens is 328 g/mol. The zero-order valence-electron chi connectivity index (χ0n) is 13.7. The molecule has 0 radical (unpaired) electrons. The molecule has 0 saturated carbocycles. The van der Waals surface area contributed by atoms with Gasteiger partial charge in [0.1, 0.15) is 0 Å². The van der Waals surface area contributed by atoms with Crippen LogP contribution in [0.4, 0.5) is 11.5 Å².